The van der Waals surface area contributed by atoms with E-state index in [-0.39, 0.29) is 0 Å². The van der Waals surface area contributed by atoms with E-state index < -0.39 is 0 Å². The third-order valence-corrected chi connectivity index (χ3v) is 11.3. The van der Waals surface area contributed by atoms with Crippen LogP contribution in [0.2, 0.25) is 0 Å². The predicted octanol–water partition coefficient (Wildman–Crippen LogP) is 14.5. The van der Waals surface area contributed by atoms with Crippen molar-refractivity contribution in [2.45, 2.75) is 0 Å². The normalized spacial score (nSPS) is 11.6. The molecule has 0 aliphatic carbocycles. The third-order valence-electron chi connectivity index (χ3n) is 11.3. The van der Waals surface area contributed by atoms with Crippen LogP contribution in [-0.2, 0) is 0 Å². The minimum absolute atomic E-state index is 1.15. The smallest absolute Gasteiger partial charge is 0.0547 e. The molecule has 11 aromatic rings. The number of hydrogen-bond donors (Lipinski definition) is 0. The Balaban J connectivity index is 0.999. The minimum atomic E-state index is 1.15. The van der Waals surface area contributed by atoms with Crippen molar-refractivity contribution < 1.29 is 0 Å². The van der Waals surface area contributed by atoms with Gasteiger partial charge in [0.15, 0.2) is 0 Å². The summed E-state index contributed by atoms with van der Waals surface area (Å²) < 4.78 is 4.79. The molecule has 0 radical (unpaired) electrons. The van der Waals surface area contributed by atoms with Crippen LogP contribution in [0.25, 0.3) is 99.5 Å². The molecule has 0 spiro atoms. The van der Waals surface area contributed by atoms with Gasteiger partial charge in [-0.25, -0.2) is 0 Å². The first kappa shape index (κ1) is 32.0. The van der Waals surface area contributed by atoms with Gasteiger partial charge in [0.05, 0.1) is 22.1 Å². The van der Waals surface area contributed by atoms with Crippen LogP contribution < -0.4 is 0 Å². The molecule has 0 N–H and O–H groups in total. The maximum absolute atomic E-state index is 2.41. The van der Waals surface area contributed by atoms with E-state index in [9.17, 15) is 0 Å². The van der Waals surface area contributed by atoms with Gasteiger partial charge in [0.1, 0.15) is 0 Å². The van der Waals surface area contributed by atoms with Gasteiger partial charge in [-0.1, -0.05) is 158 Å². The van der Waals surface area contributed by atoms with E-state index in [0.717, 1.165) is 5.69 Å². The zero-order valence-electron chi connectivity index (χ0n) is 30.7. The summed E-state index contributed by atoms with van der Waals surface area (Å²) in [6, 6.07) is 79.3. The van der Waals surface area contributed by atoms with Crippen molar-refractivity contribution in [3.05, 3.63) is 218 Å². The number of aromatic nitrogens is 2. The molecule has 262 valence electrons. The van der Waals surface area contributed by atoms with Gasteiger partial charge in [-0.2, -0.15) is 0 Å². The zero-order chi connectivity index (χ0) is 37.0. The fraction of sp³-hybridized carbons (Fsp3) is 0. The molecule has 0 saturated carbocycles. The summed E-state index contributed by atoms with van der Waals surface area (Å²) >= 11 is 0. The Kier molecular flexibility index (Phi) is 7.53. The highest BCUT2D eigenvalue weighted by molar-refractivity contribution is 6.13. The lowest BCUT2D eigenvalue weighted by atomic mass is 9.97. The van der Waals surface area contributed by atoms with Crippen molar-refractivity contribution in [3.63, 3.8) is 0 Å². The van der Waals surface area contributed by atoms with Gasteiger partial charge >= 0.3 is 0 Å². The molecule has 0 unspecified atom stereocenters. The second kappa shape index (κ2) is 13.2. The fourth-order valence-corrected chi connectivity index (χ4v) is 8.58. The van der Waals surface area contributed by atoms with Gasteiger partial charge < -0.3 is 9.13 Å². The molecule has 11 rings (SSSR count). The maximum atomic E-state index is 2.41. The van der Waals surface area contributed by atoms with Crippen molar-refractivity contribution in [3.8, 4) is 55.9 Å². The largest absolute Gasteiger partial charge is 0.309 e. The second-order valence-electron chi connectivity index (χ2n) is 14.6. The molecule has 0 bridgehead atoms. The molecule has 2 aromatic heterocycles. The van der Waals surface area contributed by atoms with E-state index in [1.807, 2.05) is 0 Å². The van der Waals surface area contributed by atoms with E-state index in [4.69, 9.17) is 0 Å². The van der Waals surface area contributed by atoms with Crippen molar-refractivity contribution >= 4 is 43.6 Å². The number of nitrogens with zero attached hydrogens (tertiary/aromatic N) is 2. The first-order chi connectivity index (χ1) is 27.8. The monoisotopic (exact) mass is 712 g/mol. The van der Waals surface area contributed by atoms with E-state index in [1.165, 1.54) is 93.8 Å². The highest BCUT2D eigenvalue weighted by Crippen LogP contribution is 2.39. The second-order valence-corrected chi connectivity index (χ2v) is 14.6. The van der Waals surface area contributed by atoms with Gasteiger partial charge in [0.2, 0.25) is 0 Å². The first-order valence-corrected chi connectivity index (χ1v) is 19.3. The number of fused-ring (bicyclic) bond motifs is 6. The van der Waals surface area contributed by atoms with E-state index in [1.54, 1.807) is 0 Å². The van der Waals surface area contributed by atoms with Gasteiger partial charge in [-0.05, 0) is 105 Å². The number of hydrogen-bond acceptors (Lipinski definition) is 0. The summed E-state index contributed by atoms with van der Waals surface area (Å²) in [4.78, 5) is 0. The molecule has 9 aromatic carbocycles. The van der Waals surface area contributed by atoms with E-state index >= 15 is 0 Å². The van der Waals surface area contributed by atoms with Crippen molar-refractivity contribution in [1.29, 1.82) is 0 Å². The molecule has 0 fully saturated rings. The SMILES string of the molecule is c1ccc(-c2ccc(-c3ccc(-c4ccc5c6cc(-c7ccc8c(c7)c7ccccc7n8-c7ccccc7)ccc6n(-c6ccccc6)c5c4)cc3)cc2)cc1. The Labute approximate surface area is 325 Å². The average molecular weight is 713 g/mol. The van der Waals surface area contributed by atoms with Crippen LogP contribution in [0.4, 0.5) is 0 Å². The van der Waals surface area contributed by atoms with Crippen LogP contribution in [0.1, 0.15) is 0 Å². The number of rotatable bonds is 6. The molecule has 2 heteroatoms. The Morgan fingerprint density at radius 3 is 1.07 bits per heavy atom. The minimum Gasteiger partial charge on any atom is -0.309 e. The molecule has 2 nitrogen and oxygen atoms in total. The lowest BCUT2D eigenvalue weighted by Gasteiger charge is -2.10. The lowest BCUT2D eigenvalue weighted by Crippen LogP contribution is -1.93. The molecular weight excluding hydrogens is 677 g/mol. The highest BCUT2D eigenvalue weighted by Gasteiger charge is 2.17. The highest BCUT2D eigenvalue weighted by atomic mass is 15.0. The quantitative estimate of drug-likeness (QED) is 0.162. The lowest BCUT2D eigenvalue weighted by molar-refractivity contribution is 1.18. The Morgan fingerprint density at radius 2 is 0.536 bits per heavy atom. The Bertz CT molecular complexity index is 3190. The van der Waals surface area contributed by atoms with Crippen LogP contribution in [0.3, 0.4) is 0 Å². The van der Waals surface area contributed by atoms with Crippen LogP contribution in [0.15, 0.2) is 218 Å². The topological polar surface area (TPSA) is 9.86 Å². The standard InChI is InChI=1S/C54H36N2/c1-4-12-37(13-5-1)38-20-22-39(23-21-38)40-24-26-41(27-25-40)44-28-31-48-50-35-43(30-33-53(50)56(54(48)36-44)46-16-8-3-9-17-46)42-29-32-52-49(34-42)47-18-10-11-19-51(47)55(52)45-14-6-2-7-15-45/h1-36H. The molecule has 0 atom stereocenters. The van der Waals surface area contributed by atoms with E-state index in [2.05, 4.69) is 228 Å². The summed E-state index contributed by atoms with van der Waals surface area (Å²) in [5.74, 6) is 0. The van der Waals surface area contributed by atoms with Gasteiger partial charge in [0.25, 0.3) is 0 Å². The Hall–Kier alpha value is -7.42. The van der Waals surface area contributed by atoms with Crippen LogP contribution in [-0.4, -0.2) is 9.13 Å². The summed E-state index contributed by atoms with van der Waals surface area (Å²) in [6.07, 6.45) is 0. The Morgan fingerprint density at radius 1 is 0.196 bits per heavy atom. The molecule has 0 amide bonds. The van der Waals surface area contributed by atoms with Gasteiger partial charge in [-0.15, -0.1) is 0 Å². The summed E-state index contributed by atoms with van der Waals surface area (Å²) in [6.45, 7) is 0. The van der Waals surface area contributed by atoms with Crippen LogP contribution in [0.5, 0.6) is 0 Å². The molecule has 0 aliphatic heterocycles. The fourth-order valence-electron chi connectivity index (χ4n) is 8.58. The molecular formula is C54H36N2. The van der Waals surface area contributed by atoms with Crippen molar-refractivity contribution in [2.24, 2.45) is 0 Å². The zero-order valence-corrected chi connectivity index (χ0v) is 30.7. The van der Waals surface area contributed by atoms with Crippen LogP contribution in [0, 0.1) is 0 Å². The molecule has 0 aliphatic rings. The average Bonchev–Trinajstić information content (AvgIpc) is 3.79. The molecule has 56 heavy (non-hydrogen) atoms. The van der Waals surface area contributed by atoms with Gasteiger partial charge in [0, 0.05) is 32.9 Å². The van der Waals surface area contributed by atoms with Crippen molar-refractivity contribution in [1.82, 2.24) is 9.13 Å². The molecule has 2 heterocycles. The summed E-state index contributed by atoms with van der Waals surface area (Å²) in [5, 5.41) is 5.01. The summed E-state index contributed by atoms with van der Waals surface area (Å²) in [7, 11) is 0. The first-order valence-electron chi connectivity index (χ1n) is 19.3. The predicted molar refractivity (Wildman–Crippen MR) is 237 cm³/mol. The molecule has 0 saturated heterocycles. The number of benzene rings is 9. The maximum Gasteiger partial charge on any atom is 0.0547 e. The number of para-hydroxylation sites is 3. The summed E-state index contributed by atoms with van der Waals surface area (Å²) in [5.41, 5.74) is 16.9. The van der Waals surface area contributed by atoms with Gasteiger partial charge in [-0.3, -0.25) is 0 Å². The third kappa shape index (κ3) is 5.34. The van der Waals surface area contributed by atoms with Crippen molar-refractivity contribution in [2.75, 3.05) is 0 Å². The van der Waals surface area contributed by atoms with Crippen LogP contribution >= 0.6 is 0 Å². The van der Waals surface area contributed by atoms with E-state index in [0.29, 0.717) is 0 Å².